The summed E-state index contributed by atoms with van der Waals surface area (Å²) in [6.45, 7) is 0. The molecule has 9 nitrogen and oxygen atoms in total. The predicted octanol–water partition coefficient (Wildman–Crippen LogP) is 2.44. The molecule has 0 spiro atoms. The zero-order chi connectivity index (χ0) is 22.1. The Morgan fingerprint density at radius 3 is 2.47 bits per heavy atom. The van der Waals surface area contributed by atoms with E-state index in [0.717, 1.165) is 12.1 Å². The summed E-state index contributed by atoms with van der Waals surface area (Å²) in [5.41, 5.74) is 10.7. The SMILES string of the molecule is N=C(N)C=C(N)CS(=O)(=O)c1ccc(Cl)cc1NS(=O)(=O)c1cc2ccccc2o1. The first kappa shape index (κ1) is 21.7. The number of sulfone groups is 1. The Morgan fingerprint density at radius 1 is 1.10 bits per heavy atom. The lowest BCUT2D eigenvalue weighted by Crippen LogP contribution is -2.20. The average molecular weight is 469 g/mol. The van der Waals surface area contributed by atoms with Crippen LogP contribution in [0.5, 0.6) is 0 Å². The largest absolute Gasteiger partial charge is 0.443 e. The molecule has 0 unspecified atom stereocenters. The Balaban J connectivity index is 2.02. The molecule has 0 amide bonds. The Hall–Kier alpha value is -3.02. The third-order valence-corrected chi connectivity index (χ3v) is 7.08. The fourth-order valence-electron chi connectivity index (χ4n) is 2.68. The summed E-state index contributed by atoms with van der Waals surface area (Å²) in [6.07, 6.45) is 0.992. The van der Waals surface area contributed by atoms with Crippen LogP contribution in [0.25, 0.3) is 11.0 Å². The molecule has 0 bridgehead atoms. The van der Waals surface area contributed by atoms with Gasteiger partial charge in [-0.2, -0.15) is 8.42 Å². The van der Waals surface area contributed by atoms with Crippen molar-refractivity contribution in [2.75, 3.05) is 10.5 Å². The molecule has 1 heterocycles. The standard InChI is InChI=1S/C18H17ClN4O5S2/c19-12-5-6-16(29(24,25)10-13(20)9-17(21)22)14(8-12)23-30(26,27)18-7-11-3-1-2-4-15(11)28-18/h1-9,23H,10,20H2,(H3,21,22). The number of para-hydroxylation sites is 1. The normalized spacial score (nSPS) is 12.8. The van der Waals surface area contributed by atoms with Crippen LogP contribution in [0.1, 0.15) is 0 Å². The number of anilines is 1. The number of fused-ring (bicyclic) bond motifs is 1. The molecule has 2 aromatic carbocycles. The lowest BCUT2D eigenvalue weighted by atomic mass is 10.3. The third-order valence-electron chi connectivity index (χ3n) is 3.89. The molecule has 0 fully saturated rings. The highest BCUT2D eigenvalue weighted by atomic mass is 35.5. The summed E-state index contributed by atoms with van der Waals surface area (Å²) in [6, 6.07) is 11.7. The number of rotatable bonds is 7. The van der Waals surface area contributed by atoms with Crippen LogP contribution >= 0.6 is 11.6 Å². The van der Waals surface area contributed by atoms with E-state index in [2.05, 4.69) is 4.72 Å². The summed E-state index contributed by atoms with van der Waals surface area (Å²) in [5.74, 6) is -1.09. The summed E-state index contributed by atoms with van der Waals surface area (Å²) >= 11 is 5.95. The first-order valence-corrected chi connectivity index (χ1v) is 11.8. The molecule has 30 heavy (non-hydrogen) atoms. The van der Waals surface area contributed by atoms with Gasteiger partial charge >= 0.3 is 0 Å². The van der Waals surface area contributed by atoms with Crippen molar-refractivity contribution < 1.29 is 21.3 Å². The van der Waals surface area contributed by atoms with Crippen LogP contribution in [0.3, 0.4) is 0 Å². The van der Waals surface area contributed by atoms with Gasteiger partial charge in [0.05, 0.1) is 16.3 Å². The molecule has 0 aliphatic heterocycles. The van der Waals surface area contributed by atoms with Crippen molar-refractivity contribution in [2.24, 2.45) is 11.5 Å². The third kappa shape index (κ3) is 4.75. The zero-order valence-corrected chi connectivity index (χ0v) is 17.7. The van der Waals surface area contributed by atoms with Gasteiger partial charge in [-0.1, -0.05) is 29.8 Å². The van der Waals surface area contributed by atoms with Crippen LogP contribution in [0.4, 0.5) is 5.69 Å². The Kier molecular flexibility index (Phi) is 5.79. The quantitative estimate of drug-likeness (QED) is 0.304. The molecule has 158 valence electrons. The number of sulfonamides is 1. The number of hydrogen-bond acceptors (Lipinski definition) is 7. The van der Waals surface area contributed by atoms with Gasteiger partial charge in [0, 0.05) is 22.2 Å². The second kappa shape index (κ2) is 8.01. The van der Waals surface area contributed by atoms with E-state index in [1.807, 2.05) is 0 Å². The highest BCUT2D eigenvalue weighted by Gasteiger charge is 2.26. The van der Waals surface area contributed by atoms with Crippen molar-refractivity contribution >= 4 is 54.0 Å². The first-order valence-electron chi connectivity index (χ1n) is 8.32. The molecule has 0 saturated carbocycles. The van der Waals surface area contributed by atoms with E-state index in [4.69, 9.17) is 32.9 Å². The Bertz CT molecular complexity index is 1350. The minimum atomic E-state index is -4.26. The Labute approximate surface area is 177 Å². The highest BCUT2D eigenvalue weighted by Crippen LogP contribution is 2.30. The maximum atomic E-state index is 12.8. The van der Waals surface area contributed by atoms with Gasteiger partial charge in [-0.05, 0) is 30.3 Å². The number of nitrogens with two attached hydrogens (primary N) is 2. The van der Waals surface area contributed by atoms with Gasteiger partial charge in [0.2, 0.25) is 5.09 Å². The molecule has 3 rings (SSSR count). The fraction of sp³-hybridized carbons (Fsp3) is 0.0556. The van der Waals surface area contributed by atoms with Crippen LogP contribution in [0.15, 0.2) is 74.7 Å². The second-order valence-electron chi connectivity index (χ2n) is 6.28. The molecule has 0 atom stereocenters. The Morgan fingerprint density at radius 2 is 1.80 bits per heavy atom. The van der Waals surface area contributed by atoms with Gasteiger partial charge < -0.3 is 15.9 Å². The summed E-state index contributed by atoms with van der Waals surface area (Å²) < 4.78 is 58.8. The maximum Gasteiger partial charge on any atom is 0.295 e. The van der Waals surface area contributed by atoms with E-state index in [1.165, 1.54) is 18.2 Å². The van der Waals surface area contributed by atoms with Gasteiger partial charge in [-0.3, -0.25) is 10.1 Å². The van der Waals surface area contributed by atoms with E-state index in [0.29, 0.717) is 11.0 Å². The molecular formula is C18H17ClN4O5S2. The molecule has 0 aliphatic carbocycles. The number of amidine groups is 1. The molecule has 0 saturated heterocycles. The van der Waals surface area contributed by atoms with Gasteiger partial charge in [-0.15, -0.1) is 0 Å². The van der Waals surface area contributed by atoms with E-state index in [1.54, 1.807) is 24.3 Å². The topological polar surface area (TPSA) is 169 Å². The van der Waals surface area contributed by atoms with E-state index in [-0.39, 0.29) is 26.4 Å². The van der Waals surface area contributed by atoms with E-state index in [9.17, 15) is 16.8 Å². The van der Waals surface area contributed by atoms with Crippen molar-refractivity contribution in [1.29, 1.82) is 5.41 Å². The molecule has 1 aromatic heterocycles. The number of benzene rings is 2. The van der Waals surface area contributed by atoms with Gasteiger partial charge in [0.1, 0.15) is 11.4 Å². The zero-order valence-electron chi connectivity index (χ0n) is 15.3. The highest BCUT2D eigenvalue weighted by molar-refractivity contribution is 7.93. The van der Waals surface area contributed by atoms with Crippen molar-refractivity contribution in [3.05, 3.63) is 65.3 Å². The van der Waals surface area contributed by atoms with E-state index < -0.39 is 31.4 Å². The van der Waals surface area contributed by atoms with Crippen molar-refractivity contribution in [3.63, 3.8) is 0 Å². The summed E-state index contributed by atoms with van der Waals surface area (Å²) in [5, 5.41) is 7.47. The number of hydrogen-bond donors (Lipinski definition) is 4. The molecule has 0 aliphatic rings. The molecule has 12 heteroatoms. The monoisotopic (exact) mass is 468 g/mol. The second-order valence-corrected chi connectivity index (χ2v) is 10.3. The van der Waals surface area contributed by atoms with Crippen LogP contribution in [0.2, 0.25) is 5.02 Å². The molecule has 3 aromatic rings. The molecule has 6 N–H and O–H groups in total. The minimum absolute atomic E-state index is 0.114. The van der Waals surface area contributed by atoms with Crippen molar-refractivity contribution in [1.82, 2.24) is 0 Å². The van der Waals surface area contributed by atoms with Crippen LogP contribution in [0, 0.1) is 5.41 Å². The summed E-state index contributed by atoms with van der Waals surface area (Å²) in [4.78, 5) is -0.341. The van der Waals surface area contributed by atoms with Crippen molar-refractivity contribution in [2.45, 2.75) is 9.99 Å². The lowest BCUT2D eigenvalue weighted by molar-refractivity contribution is 0.484. The lowest BCUT2D eigenvalue weighted by Gasteiger charge is -2.13. The average Bonchev–Trinajstić information content (AvgIpc) is 3.05. The van der Waals surface area contributed by atoms with Gasteiger partial charge in [-0.25, -0.2) is 8.42 Å². The molecular weight excluding hydrogens is 452 g/mol. The maximum absolute atomic E-state index is 12.8. The number of nitrogens with one attached hydrogen (secondary N) is 2. The van der Waals surface area contributed by atoms with Crippen molar-refractivity contribution in [3.8, 4) is 0 Å². The van der Waals surface area contributed by atoms with E-state index >= 15 is 0 Å². The number of furan rings is 1. The molecule has 0 radical (unpaired) electrons. The van der Waals surface area contributed by atoms with Crippen LogP contribution in [-0.2, 0) is 19.9 Å². The fourth-order valence-corrected chi connectivity index (χ4v) is 5.35. The van der Waals surface area contributed by atoms with Gasteiger partial charge in [0.25, 0.3) is 10.0 Å². The smallest absolute Gasteiger partial charge is 0.295 e. The predicted molar refractivity (Wildman–Crippen MR) is 115 cm³/mol. The first-order chi connectivity index (χ1) is 14.0. The van der Waals surface area contributed by atoms with Crippen LogP contribution in [-0.4, -0.2) is 28.4 Å². The van der Waals surface area contributed by atoms with Gasteiger partial charge in [0.15, 0.2) is 9.84 Å². The summed E-state index contributed by atoms with van der Waals surface area (Å²) in [7, 11) is -8.36. The van der Waals surface area contributed by atoms with Crippen LogP contribution < -0.4 is 16.2 Å². The number of halogens is 1. The minimum Gasteiger partial charge on any atom is -0.443 e.